The van der Waals surface area contributed by atoms with Crippen LogP contribution in [0.1, 0.15) is 36.0 Å². The molecule has 0 unspecified atom stereocenters. The zero-order valence-electron chi connectivity index (χ0n) is 14.2. The first-order valence-electron chi connectivity index (χ1n) is 8.56. The van der Waals surface area contributed by atoms with E-state index in [-0.39, 0.29) is 24.2 Å². The molecule has 2 aliphatic carbocycles. The maximum Gasteiger partial charge on any atom is 0.317 e. The Balaban J connectivity index is 1.51. The van der Waals surface area contributed by atoms with Crippen molar-refractivity contribution in [3.8, 4) is 5.75 Å². The van der Waals surface area contributed by atoms with Gasteiger partial charge in [-0.2, -0.15) is 0 Å². The normalized spacial score (nSPS) is 22.4. The third-order valence-corrected chi connectivity index (χ3v) is 4.91. The first kappa shape index (κ1) is 17.7. The molecule has 136 valence electrons. The molecule has 7 heteroatoms. The fourth-order valence-corrected chi connectivity index (χ4v) is 3.22. The molecular formula is C18H23FN2O4. The molecule has 1 amide bonds. The lowest BCUT2D eigenvalue weighted by Gasteiger charge is -2.42. The molecule has 2 aliphatic rings. The van der Waals surface area contributed by atoms with Gasteiger partial charge in [0.25, 0.3) is 5.91 Å². The number of carboxylic acids is 1. The van der Waals surface area contributed by atoms with Crippen LogP contribution >= 0.6 is 0 Å². The number of aliphatic carboxylic acids is 1. The Morgan fingerprint density at radius 3 is 2.64 bits per heavy atom. The van der Waals surface area contributed by atoms with Gasteiger partial charge in [0.2, 0.25) is 0 Å². The number of hydrogen-bond donors (Lipinski definition) is 2. The van der Waals surface area contributed by atoms with Crippen molar-refractivity contribution in [3.05, 3.63) is 29.6 Å². The lowest BCUT2D eigenvalue weighted by atomic mass is 9.85. The maximum atomic E-state index is 13.9. The SMILES string of the molecule is COc1ccc(C(=O)NC2CC(N(CC(=O)O)CC3CC3)C2)c(F)c1. The Morgan fingerprint density at radius 1 is 1.36 bits per heavy atom. The molecule has 0 aromatic heterocycles. The highest BCUT2D eigenvalue weighted by molar-refractivity contribution is 5.94. The monoisotopic (exact) mass is 350 g/mol. The van der Waals surface area contributed by atoms with E-state index in [1.165, 1.54) is 32.1 Å². The van der Waals surface area contributed by atoms with E-state index in [0.717, 1.165) is 6.54 Å². The number of carboxylic acid groups (broad SMARTS) is 1. The molecule has 0 spiro atoms. The summed E-state index contributed by atoms with van der Waals surface area (Å²) in [6, 6.07) is 4.26. The van der Waals surface area contributed by atoms with E-state index in [1.54, 1.807) is 6.07 Å². The number of rotatable bonds is 8. The molecule has 0 bridgehead atoms. The lowest BCUT2D eigenvalue weighted by molar-refractivity contribution is -0.139. The van der Waals surface area contributed by atoms with Gasteiger partial charge in [-0.25, -0.2) is 4.39 Å². The fourth-order valence-electron chi connectivity index (χ4n) is 3.22. The van der Waals surface area contributed by atoms with Gasteiger partial charge in [0, 0.05) is 24.7 Å². The van der Waals surface area contributed by atoms with Crippen molar-refractivity contribution in [2.24, 2.45) is 5.92 Å². The summed E-state index contributed by atoms with van der Waals surface area (Å²) in [5, 5.41) is 11.9. The standard InChI is InChI=1S/C18H23FN2O4/c1-25-14-4-5-15(16(19)8-14)18(24)20-12-6-13(7-12)21(10-17(22)23)9-11-2-3-11/h4-5,8,11-13H,2-3,6-7,9-10H2,1H3,(H,20,24)(H,22,23). The summed E-state index contributed by atoms with van der Waals surface area (Å²) < 4.78 is 18.9. The molecule has 1 aromatic carbocycles. The van der Waals surface area contributed by atoms with E-state index in [4.69, 9.17) is 9.84 Å². The van der Waals surface area contributed by atoms with Gasteiger partial charge in [-0.05, 0) is 43.7 Å². The summed E-state index contributed by atoms with van der Waals surface area (Å²) in [5.41, 5.74) is -0.00961. The van der Waals surface area contributed by atoms with Crippen molar-refractivity contribution in [1.29, 1.82) is 0 Å². The zero-order chi connectivity index (χ0) is 18.0. The Hall–Kier alpha value is -2.15. The second-order valence-corrected chi connectivity index (χ2v) is 6.91. The van der Waals surface area contributed by atoms with Gasteiger partial charge < -0.3 is 15.2 Å². The molecule has 6 nitrogen and oxygen atoms in total. The summed E-state index contributed by atoms with van der Waals surface area (Å²) in [5.74, 6) is -0.915. The number of ether oxygens (including phenoxy) is 1. The second kappa shape index (κ2) is 7.39. The van der Waals surface area contributed by atoms with Gasteiger partial charge in [0.05, 0.1) is 19.2 Å². The molecule has 2 saturated carbocycles. The number of benzene rings is 1. The number of amides is 1. The summed E-state index contributed by atoms with van der Waals surface area (Å²) in [4.78, 5) is 25.2. The first-order valence-corrected chi connectivity index (χ1v) is 8.56. The molecule has 0 heterocycles. The molecule has 3 rings (SSSR count). The fraction of sp³-hybridized carbons (Fsp3) is 0.556. The average molecular weight is 350 g/mol. The molecule has 25 heavy (non-hydrogen) atoms. The summed E-state index contributed by atoms with van der Waals surface area (Å²) in [6.07, 6.45) is 3.73. The van der Waals surface area contributed by atoms with Crippen LogP contribution in [0.4, 0.5) is 4.39 Å². The first-order chi connectivity index (χ1) is 12.0. The predicted octanol–water partition coefficient (Wildman–Crippen LogP) is 1.89. The minimum absolute atomic E-state index is 0.00961. The van der Waals surface area contributed by atoms with Gasteiger partial charge in [-0.3, -0.25) is 14.5 Å². The van der Waals surface area contributed by atoms with Crippen LogP contribution in [0.15, 0.2) is 18.2 Å². The molecule has 0 atom stereocenters. The zero-order valence-corrected chi connectivity index (χ0v) is 14.2. The summed E-state index contributed by atoms with van der Waals surface area (Å²) >= 11 is 0. The van der Waals surface area contributed by atoms with Gasteiger partial charge in [0.15, 0.2) is 0 Å². The van der Waals surface area contributed by atoms with E-state index in [0.29, 0.717) is 24.5 Å². The molecule has 2 fully saturated rings. The number of carbonyl (C=O) groups excluding carboxylic acids is 1. The largest absolute Gasteiger partial charge is 0.497 e. The van der Waals surface area contributed by atoms with E-state index in [1.807, 2.05) is 4.90 Å². The molecule has 0 saturated heterocycles. The number of nitrogens with zero attached hydrogens (tertiary/aromatic N) is 1. The highest BCUT2D eigenvalue weighted by Gasteiger charge is 2.38. The van der Waals surface area contributed by atoms with Crippen LogP contribution < -0.4 is 10.1 Å². The van der Waals surface area contributed by atoms with Crippen molar-refractivity contribution in [3.63, 3.8) is 0 Å². The average Bonchev–Trinajstić information content (AvgIpc) is 3.33. The third kappa shape index (κ3) is 4.48. The van der Waals surface area contributed by atoms with Crippen LogP contribution in [-0.2, 0) is 4.79 Å². The van der Waals surface area contributed by atoms with Crippen LogP contribution in [0.25, 0.3) is 0 Å². The molecular weight excluding hydrogens is 327 g/mol. The summed E-state index contributed by atoms with van der Waals surface area (Å²) in [6.45, 7) is 0.847. The minimum atomic E-state index is -0.826. The van der Waals surface area contributed by atoms with Crippen LogP contribution in [-0.4, -0.2) is 54.2 Å². The Labute approximate surface area is 146 Å². The van der Waals surface area contributed by atoms with E-state index >= 15 is 0 Å². The lowest BCUT2D eigenvalue weighted by Crippen LogP contribution is -2.55. The minimum Gasteiger partial charge on any atom is -0.497 e. The van der Waals surface area contributed by atoms with Gasteiger partial charge in [-0.1, -0.05) is 0 Å². The quantitative estimate of drug-likeness (QED) is 0.749. The number of hydrogen-bond acceptors (Lipinski definition) is 4. The predicted molar refractivity (Wildman–Crippen MR) is 89.2 cm³/mol. The van der Waals surface area contributed by atoms with Crippen LogP contribution in [0.3, 0.4) is 0 Å². The van der Waals surface area contributed by atoms with Crippen molar-refractivity contribution in [1.82, 2.24) is 10.2 Å². The van der Waals surface area contributed by atoms with E-state index in [9.17, 15) is 14.0 Å². The Kier molecular flexibility index (Phi) is 5.22. The third-order valence-electron chi connectivity index (χ3n) is 4.91. The number of nitrogens with one attached hydrogen (secondary N) is 1. The van der Waals surface area contributed by atoms with Crippen LogP contribution in [0.5, 0.6) is 5.75 Å². The number of halogens is 1. The highest BCUT2D eigenvalue weighted by Crippen LogP contribution is 2.33. The van der Waals surface area contributed by atoms with E-state index in [2.05, 4.69) is 5.32 Å². The maximum absolute atomic E-state index is 13.9. The Bertz CT molecular complexity index is 656. The van der Waals surface area contributed by atoms with Crippen LogP contribution in [0, 0.1) is 11.7 Å². The topological polar surface area (TPSA) is 78.9 Å². The summed E-state index contributed by atoms with van der Waals surface area (Å²) in [7, 11) is 1.44. The van der Waals surface area contributed by atoms with Gasteiger partial charge >= 0.3 is 5.97 Å². The smallest absolute Gasteiger partial charge is 0.317 e. The molecule has 0 aliphatic heterocycles. The Morgan fingerprint density at radius 2 is 2.08 bits per heavy atom. The number of methoxy groups -OCH3 is 1. The van der Waals surface area contributed by atoms with Crippen molar-refractivity contribution in [2.75, 3.05) is 20.2 Å². The highest BCUT2D eigenvalue weighted by atomic mass is 19.1. The van der Waals surface area contributed by atoms with Gasteiger partial charge in [-0.15, -0.1) is 0 Å². The van der Waals surface area contributed by atoms with Gasteiger partial charge in [0.1, 0.15) is 11.6 Å². The van der Waals surface area contributed by atoms with Crippen molar-refractivity contribution < 1.29 is 23.8 Å². The number of carbonyl (C=O) groups is 2. The second-order valence-electron chi connectivity index (χ2n) is 6.91. The molecule has 2 N–H and O–H groups in total. The van der Waals surface area contributed by atoms with Crippen LogP contribution in [0.2, 0.25) is 0 Å². The molecule has 1 aromatic rings. The molecule has 0 radical (unpaired) electrons. The van der Waals surface area contributed by atoms with E-state index < -0.39 is 17.7 Å². The van der Waals surface area contributed by atoms with Crippen molar-refractivity contribution >= 4 is 11.9 Å². The van der Waals surface area contributed by atoms with Crippen molar-refractivity contribution in [2.45, 2.75) is 37.8 Å².